The first-order valence-corrected chi connectivity index (χ1v) is 8.00. The fourth-order valence-electron chi connectivity index (χ4n) is 1.46. The van der Waals surface area contributed by atoms with E-state index in [0.29, 0.717) is 23.7 Å². The Labute approximate surface area is 113 Å². The zero-order valence-electron chi connectivity index (χ0n) is 10.4. The number of benzene rings is 1. The van der Waals surface area contributed by atoms with Gasteiger partial charge in [-0.3, -0.25) is 0 Å². The lowest BCUT2D eigenvalue weighted by Crippen LogP contribution is -2.16. The van der Waals surface area contributed by atoms with Crippen LogP contribution in [0, 0.1) is 0 Å². The Balaban J connectivity index is 2.67. The summed E-state index contributed by atoms with van der Waals surface area (Å²) in [7, 11) is -3.00. The maximum atomic E-state index is 11.3. The number of sulfone groups is 1. The number of halogens is 1. The standard InChI is InChI=1S/C12H18ClNO3S/c1-2-18(15,16)8-7-17-12-4-3-11(13)9-10(12)5-6-14/h3-4,9H,2,5-8,14H2,1H3. The number of hydrogen-bond acceptors (Lipinski definition) is 4. The van der Waals surface area contributed by atoms with Crippen LogP contribution in [0.15, 0.2) is 18.2 Å². The Kier molecular flexibility index (Phi) is 5.91. The lowest BCUT2D eigenvalue weighted by atomic mass is 10.1. The molecule has 0 fully saturated rings. The van der Waals surface area contributed by atoms with Crippen LogP contribution in [0.4, 0.5) is 0 Å². The first-order valence-electron chi connectivity index (χ1n) is 5.80. The second-order valence-corrected chi connectivity index (χ2v) is 6.78. The van der Waals surface area contributed by atoms with Gasteiger partial charge in [0.2, 0.25) is 0 Å². The molecule has 18 heavy (non-hydrogen) atoms. The third-order valence-corrected chi connectivity index (χ3v) is 4.43. The van der Waals surface area contributed by atoms with Crippen molar-refractivity contribution in [2.75, 3.05) is 24.7 Å². The summed E-state index contributed by atoms with van der Waals surface area (Å²) in [5, 5.41) is 0.618. The van der Waals surface area contributed by atoms with Crippen molar-refractivity contribution in [1.29, 1.82) is 0 Å². The van der Waals surface area contributed by atoms with Gasteiger partial charge in [-0.25, -0.2) is 8.42 Å². The van der Waals surface area contributed by atoms with E-state index < -0.39 is 9.84 Å². The van der Waals surface area contributed by atoms with E-state index in [2.05, 4.69) is 0 Å². The maximum absolute atomic E-state index is 11.3. The van der Waals surface area contributed by atoms with Crippen molar-refractivity contribution < 1.29 is 13.2 Å². The van der Waals surface area contributed by atoms with Crippen LogP contribution in [0.25, 0.3) is 0 Å². The van der Waals surface area contributed by atoms with Crippen LogP contribution in [0.1, 0.15) is 12.5 Å². The lowest BCUT2D eigenvalue weighted by Gasteiger charge is -2.11. The normalized spacial score (nSPS) is 11.5. The van der Waals surface area contributed by atoms with Crippen LogP contribution in [0.2, 0.25) is 5.02 Å². The maximum Gasteiger partial charge on any atom is 0.153 e. The van der Waals surface area contributed by atoms with Crippen LogP contribution in [-0.4, -0.2) is 33.1 Å². The highest BCUT2D eigenvalue weighted by Crippen LogP contribution is 2.23. The molecule has 0 radical (unpaired) electrons. The topological polar surface area (TPSA) is 69.4 Å². The predicted octanol–water partition coefficient (Wildman–Crippen LogP) is 1.65. The fraction of sp³-hybridized carbons (Fsp3) is 0.500. The summed E-state index contributed by atoms with van der Waals surface area (Å²) < 4.78 is 28.2. The van der Waals surface area contributed by atoms with Gasteiger partial charge < -0.3 is 10.5 Å². The average molecular weight is 292 g/mol. The van der Waals surface area contributed by atoms with Gasteiger partial charge in [-0.15, -0.1) is 0 Å². The summed E-state index contributed by atoms with van der Waals surface area (Å²) in [6.07, 6.45) is 0.649. The first-order chi connectivity index (χ1) is 8.48. The largest absolute Gasteiger partial charge is 0.492 e. The highest BCUT2D eigenvalue weighted by Gasteiger charge is 2.09. The van der Waals surface area contributed by atoms with E-state index in [0.717, 1.165) is 5.56 Å². The van der Waals surface area contributed by atoms with Gasteiger partial charge in [0, 0.05) is 10.8 Å². The van der Waals surface area contributed by atoms with E-state index in [1.807, 2.05) is 0 Å². The Morgan fingerprint density at radius 2 is 2.11 bits per heavy atom. The van der Waals surface area contributed by atoms with Crippen molar-refractivity contribution in [3.8, 4) is 5.75 Å². The summed E-state index contributed by atoms with van der Waals surface area (Å²) in [6.45, 7) is 2.26. The molecular formula is C12H18ClNO3S. The lowest BCUT2D eigenvalue weighted by molar-refractivity contribution is 0.337. The third kappa shape index (κ3) is 4.84. The second kappa shape index (κ2) is 6.97. The highest BCUT2D eigenvalue weighted by molar-refractivity contribution is 7.91. The minimum absolute atomic E-state index is 0.0220. The van der Waals surface area contributed by atoms with Crippen molar-refractivity contribution in [3.05, 3.63) is 28.8 Å². The van der Waals surface area contributed by atoms with Crippen LogP contribution in [0.3, 0.4) is 0 Å². The van der Waals surface area contributed by atoms with Gasteiger partial charge in [0.05, 0.1) is 5.75 Å². The molecule has 1 aromatic rings. The molecule has 4 nitrogen and oxygen atoms in total. The first kappa shape index (κ1) is 15.3. The summed E-state index contributed by atoms with van der Waals surface area (Å²) in [6, 6.07) is 5.25. The molecule has 0 heterocycles. The summed E-state index contributed by atoms with van der Waals surface area (Å²) in [4.78, 5) is 0. The van der Waals surface area contributed by atoms with Crippen LogP contribution >= 0.6 is 11.6 Å². The van der Waals surface area contributed by atoms with Crippen molar-refractivity contribution in [1.82, 2.24) is 0 Å². The molecule has 0 spiro atoms. The average Bonchev–Trinajstić information content (AvgIpc) is 2.32. The van der Waals surface area contributed by atoms with Gasteiger partial charge in [-0.2, -0.15) is 0 Å². The number of hydrogen-bond donors (Lipinski definition) is 1. The van der Waals surface area contributed by atoms with E-state index >= 15 is 0 Å². The monoisotopic (exact) mass is 291 g/mol. The molecule has 0 amide bonds. The van der Waals surface area contributed by atoms with E-state index in [1.165, 1.54) is 0 Å². The molecule has 0 bridgehead atoms. The fourth-order valence-corrected chi connectivity index (χ4v) is 2.28. The van der Waals surface area contributed by atoms with Gasteiger partial charge in [0.1, 0.15) is 12.4 Å². The molecule has 1 aromatic carbocycles. The van der Waals surface area contributed by atoms with Crippen molar-refractivity contribution in [2.24, 2.45) is 5.73 Å². The second-order valence-electron chi connectivity index (χ2n) is 3.88. The van der Waals surface area contributed by atoms with E-state index in [4.69, 9.17) is 22.1 Å². The van der Waals surface area contributed by atoms with Crippen molar-refractivity contribution >= 4 is 21.4 Å². The van der Waals surface area contributed by atoms with Gasteiger partial charge in [0.25, 0.3) is 0 Å². The Morgan fingerprint density at radius 3 is 2.72 bits per heavy atom. The molecule has 2 N–H and O–H groups in total. The predicted molar refractivity (Wildman–Crippen MR) is 74.0 cm³/mol. The zero-order valence-corrected chi connectivity index (χ0v) is 11.9. The molecular weight excluding hydrogens is 274 g/mol. The molecule has 0 aliphatic heterocycles. The Morgan fingerprint density at radius 1 is 1.39 bits per heavy atom. The molecule has 0 aliphatic rings. The Hall–Kier alpha value is -0.780. The molecule has 0 aromatic heterocycles. The van der Waals surface area contributed by atoms with Crippen LogP contribution in [0.5, 0.6) is 5.75 Å². The summed E-state index contributed by atoms with van der Waals surface area (Å²) in [5.41, 5.74) is 6.41. The molecule has 0 saturated carbocycles. The van der Waals surface area contributed by atoms with E-state index in [1.54, 1.807) is 25.1 Å². The molecule has 1 rings (SSSR count). The van der Waals surface area contributed by atoms with Gasteiger partial charge in [-0.1, -0.05) is 18.5 Å². The van der Waals surface area contributed by atoms with Crippen molar-refractivity contribution in [3.63, 3.8) is 0 Å². The number of nitrogens with two attached hydrogens (primary N) is 1. The minimum atomic E-state index is -3.00. The van der Waals surface area contributed by atoms with E-state index in [9.17, 15) is 8.42 Å². The third-order valence-electron chi connectivity index (χ3n) is 2.53. The molecule has 0 aliphatic carbocycles. The summed E-state index contributed by atoms with van der Waals surface area (Å²) >= 11 is 5.89. The molecule has 102 valence electrons. The molecule has 0 unspecified atom stereocenters. The van der Waals surface area contributed by atoms with Crippen molar-refractivity contribution in [2.45, 2.75) is 13.3 Å². The molecule has 0 saturated heterocycles. The van der Waals surface area contributed by atoms with E-state index in [-0.39, 0.29) is 18.1 Å². The SMILES string of the molecule is CCS(=O)(=O)CCOc1ccc(Cl)cc1CCN. The highest BCUT2D eigenvalue weighted by atomic mass is 35.5. The van der Waals surface area contributed by atoms with Gasteiger partial charge in [-0.05, 0) is 36.7 Å². The van der Waals surface area contributed by atoms with Gasteiger partial charge in [0.15, 0.2) is 9.84 Å². The smallest absolute Gasteiger partial charge is 0.153 e. The number of rotatable bonds is 7. The number of ether oxygens (including phenoxy) is 1. The minimum Gasteiger partial charge on any atom is -0.492 e. The summed E-state index contributed by atoms with van der Waals surface area (Å²) in [5.74, 6) is 0.803. The quantitative estimate of drug-likeness (QED) is 0.829. The van der Waals surface area contributed by atoms with Crippen LogP contribution in [-0.2, 0) is 16.3 Å². The zero-order chi connectivity index (χ0) is 13.6. The molecule has 0 atom stereocenters. The van der Waals surface area contributed by atoms with Crippen LogP contribution < -0.4 is 10.5 Å². The van der Waals surface area contributed by atoms with Gasteiger partial charge >= 0.3 is 0 Å². The Bertz CT molecular complexity index is 488. The molecule has 6 heteroatoms.